The molecule has 20 aromatic heterocycles. The molecule has 21 aromatic rings. The summed E-state index contributed by atoms with van der Waals surface area (Å²) in [7, 11) is 2.11. The molecule has 5 aliphatic rings. The summed E-state index contributed by atoms with van der Waals surface area (Å²) in [6, 6.07) is 47.1. The van der Waals surface area contributed by atoms with Gasteiger partial charge >= 0.3 is 5.89 Å². The fourth-order valence-electron chi connectivity index (χ4n) is 15.9. The maximum Gasteiger partial charge on any atom is 0.383 e. The number of thiazole rings is 1. The van der Waals surface area contributed by atoms with Gasteiger partial charge < -0.3 is 4.42 Å². The van der Waals surface area contributed by atoms with Crippen LogP contribution in [0.2, 0.25) is 0 Å². The maximum atomic E-state index is 7.99. The predicted molar refractivity (Wildman–Crippen MR) is 384 cm³/mol. The number of benzene rings is 1. The van der Waals surface area contributed by atoms with Gasteiger partial charge in [-0.05, 0) is 102 Å². The molecule has 1 aromatic carbocycles. The minimum Gasteiger partial charge on any atom is -0.378 e. The Morgan fingerprint density at radius 3 is 1.56 bits per heavy atom. The predicted octanol–water partition coefficient (Wildman–Crippen LogP) is 10.1. The topological polar surface area (TPSA) is 198 Å². The van der Waals surface area contributed by atoms with E-state index < -0.39 is 6.98 Å². The van der Waals surface area contributed by atoms with Crippen LogP contribution in [0.3, 0.4) is 0 Å². The van der Waals surface area contributed by atoms with Gasteiger partial charge in [0.05, 0.1) is 93.5 Å². The van der Waals surface area contributed by atoms with Crippen molar-refractivity contribution in [1.29, 1.82) is 0 Å². The Hall–Kier alpha value is -13.8. The first-order chi connectivity index (χ1) is 52.1. The SMILES string of the molecule is Cn1c2[n+](c3c1cc1ncccn13)Cc1cnccc1-2.[2H]C([2H])([2H])n1c2[n+](c3c1cc1ncccn13)Cc1cnccc1-2.c1ccc(-n2c3[n+](c4cc5cccnn5c42)Cc2cnccc2-3)cc1.c1cnn2c(c1)cc1c2oc2[n+]1Cc1cnccc1-2.c1cnn2c(c1)cc1c2sc2[n+]1Cc1cnccc1-2. The lowest BCUT2D eigenvalue weighted by molar-refractivity contribution is -0.649. The molecule has 0 aliphatic carbocycles. The number of fused-ring (bicyclic) bond motifs is 35. The molecular formula is C78H56N23OS+5. The lowest BCUT2D eigenvalue weighted by atomic mass is 10.1. The highest BCUT2D eigenvalue weighted by atomic mass is 32.1. The van der Waals surface area contributed by atoms with Crippen LogP contribution in [0.4, 0.5) is 0 Å². The number of hydrogen-bond acceptors (Lipinski definition) is 12. The number of aryl methyl sites for hydroxylation is 2. The number of para-hydroxylation sites is 1. The van der Waals surface area contributed by atoms with E-state index in [1.807, 2.05) is 151 Å². The first kappa shape index (κ1) is 54.1. The van der Waals surface area contributed by atoms with Crippen LogP contribution in [0.25, 0.3) is 145 Å². The average molecular weight is 1370 g/mol. The molecule has 0 unspecified atom stereocenters. The number of oxazole rings is 1. The zero-order chi connectivity index (χ0) is 70.2. The van der Waals surface area contributed by atoms with Crippen LogP contribution < -0.4 is 22.8 Å². The van der Waals surface area contributed by atoms with Gasteiger partial charge in [-0.2, -0.15) is 38.0 Å². The van der Waals surface area contributed by atoms with E-state index in [1.54, 1.807) is 42.3 Å². The fourth-order valence-corrected chi connectivity index (χ4v) is 17.2. The summed E-state index contributed by atoms with van der Waals surface area (Å²) < 4.78 is 57.2. The first-order valence-corrected chi connectivity index (χ1v) is 34.4. The van der Waals surface area contributed by atoms with E-state index in [0.29, 0.717) is 17.9 Å². The molecule has 0 fully saturated rings. The van der Waals surface area contributed by atoms with Crippen LogP contribution in [-0.2, 0) is 46.7 Å². The van der Waals surface area contributed by atoms with E-state index in [-0.39, 0.29) is 0 Å². The van der Waals surface area contributed by atoms with E-state index in [2.05, 4.69) is 174 Å². The molecule has 103 heavy (non-hydrogen) atoms. The van der Waals surface area contributed by atoms with Crippen molar-refractivity contribution in [2.75, 3.05) is 0 Å². The standard InChI is InChI=1S/C20H14N5.2C15H12N5.C14H9N4O.C14H9N4S/c1-2-5-15(6-3-1)24-19-17-8-10-21-12-14(17)13-23(19)18-11-16-7-4-9-22-25(16)20(18)24;2*1-18-12-7-13-17-4-2-6-19(13)15(12)20-9-10-8-16-5-3-11(10)14(18)20;2*1-2-10-6-12-14(18(10)16-4-1)19-13-11-3-5-15-7-9(11)8-17(12)13/h1-12H,13H2;2*2-8H,9H2,1H3;2*1-7H,8H2/q5*+1/i;1D3;;;. The number of rotatable bonds is 1. The van der Waals surface area contributed by atoms with Crippen LogP contribution in [0.5, 0.6) is 0 Å². The molecule has 0 bridgehead atoms. The molecule has 0 spiro atoms. The van der Waals surface area contributed by atoms with E-state index in [0.717, 1.165) is 105 Å². The zero-order valence-corrected chi connectivity index (χ0v) is 55.5. The summed E-state index contributed by atoms with van der Waals surface area (Å²) in [5.41, 5.74) is 27.4. The molecule has 25 heterocycles. The van der Waals surface area contributed by atoms with E-state index in [9.17, 15) is 0 Å². The number of aromatic nitrogens is 23. The van der Waals surface area contributed by atoms with Crippen LogP contribution >= 0.6 is 11.3 Å². The van der Waals surface area contributed by atoms with Crippen LogP contribution in [0.15, 0.2) is 249 Å². The lowest BCUT2D eigenvalue weighted by Gasteiger charge is -2.02. The Morgan fingerprint density at radius 2 is 0.922 bits per heavy atom. The second-order valence-corrected chi connectivity index (χ2v) is 26.9. The summed E-state index contributed by atoms with van der Waals surface area (Å²) in [4.78, 5) is 31.1. The first-order valence-electron chi connectivity index (χ1n) is 35.1. The molecule has 25 heteroatoms. The smallest absolute Gasteiger partial charge is 0.378 e. The highest BCUT2D eigenvalue weighted by molar-refractivity contribution is 7.20. The van der Waals surface area contributed by atoms with Gasteiger partial charge in [0, 0.05) is 146 Å². The molecule has 490 valence electrons. The Balaban J connectivity index is 0.0000000830. The molecule has 0 saturated carbocycles. The van der Waals surface area contributed by atoms with Gasteiger partial charge in [-0.3, -0.25) is 34.1 Å². The van der Waals surface area contributed by atoms with Crippen molar-refractivity contribution in [2.45, 2.75) is 32.7 Å². The third-order valence-corrected chi connectivity index (χ3v) is 21.6. The number of hydrogen-bond donors (Lipinski definition) is 0. The van der Waals surface area contributed by atoms with E-state index in [4.69, 9.17) is 8.53 Å². The van der Waals surface area contributed by atoms with Crippen molar-refractivity contribution < 1.29 is 31.4 Å². The largest absolute Gasteiger partial charge is 0.383 e. The molecule has 26 rings (SSSR count). The minimum absolute atomic E-state index is 0.610. The van der Waals surface area contributed by atoms with Crippen molar-refractivity contribution >= 4 is 94.3 Å². The van der Waals surface area contributed by atoms with Crippen LogP contribution in [0.1, 0.15) is 31.9 Å². The molecule has 0 N–H and O–H groups in total. The quantitative estimate of drug-likeness (QED) is 0.142. The maximum absolute atomic E-state index is 7.99. The second kappa shape index (κ2) is 21.8. The highest BCUT2D eigenvalue weighted by Gasteiger charge is 2.40. The summed E-state index contributed by atoms with van der Waals surface area (Å²) in [6.45, 7) is 1.77. The number of pyridine rings is 5. The summed E-state index contributed by atoms with van der Waals surface area (Å²) in [6.07, 6.45) is 31.6. The Morgan fingerprint density at radius 1 is 0.427 bits per heavy atom. The van der Waals surface area contributed by atoms with Gasteiger partial charge in [-0.25, -0.2) is 37.0 Å². The summed E-state index contributed by atoms with van der Waals surface area (Å²) >= 11 is 1.80. The zero-order valence-electron chi connectivity index (χ0n) is 57.7. The van der Waals surface area contributed by atoms with E-state index in [1.165, 1.54) is 87.2 Å². The van der Waals surface area contributed by atoms with Gasteiger partial charge in [-0.15, -0.1) is 0 Å². The number of imidazole rings is 3. The van der Waals surface area contributed by atoms with Gasteiger partial charge in [0.2, 0.25) is 17.2 Å². The van der Waals surface area contributed by atoms with Crippen LogP contribution in [-0.4, -0.2) is 86.2 Å². The molecule has 5 aliphatic heterocycles. The van der Waals surface area contributed by atoms with Gasteiger partial charge in [0.25, 0.3) is 39.0 Å². The van der Waals surface area contributed by atoms with Crippen molar-refractivity contribution in [2.24, 2.45) is 14.0 Å². The molecule has 24 nitrogen and oxygen atoms in total. The van der Waals surface area contributed by atoms with E-state index >= 15 is 0 Å². The Bertz CT molecular complexity index is 7090. The van der Waals surface area contributed by atoms with Gasteiger partial charge in [-0.1, -0.05) is 18.2 Å². The summed E-state index contributed by atoms with van der Waals surface area (Å²) in [5.74, 6) is 4.02. The van der Waals surface area contributed by atoms with Crippen molar-refractivity contribution in [3.63, 3.8) is 0 Å². The fraction of sp³-hybridized carbons (Fsp3) is 0.0897. The van der Waals surface area contributed by atoms with Gasteiger partial charge in [0.15, 0.2) is 45.8 Å². The average Bonchev–Trinajstić information content (AvgIpc) is 1.58. The Kier molecular flexibility index (Phi) is 11.5. The highest BCUT2D eigenvalue weighted by Crippen LogP contribution is 2.39. The molecule has 0 radical (unpaired) electrons. The molecule has 0 saturated heterocycles. The minimum atomic E-state index is -2.27. The Labute approximate surface area is 590 Å². The normalized spacial score (nSPS) is 13.5. The third kappa shape index (κ3) is 8.35. The molecule has 0 amide bonds. The van der Waals surface area contributed by atoms with Gasteiger partial charge in [0.1, 0.15) is 12.2 Å². The van der Waals surface area contributed by atoms with Crippen molar-refractivity contribution in [1.82, 2.24) is 86.2 Å². The monoisotopic (exact) mass is 1370 g/mol. The second-order valence-electron chi connectivity index (χ2n) is 26.0. The van der Waals surface area contributed by atoms with Crippen molar-refractivity contribution in [3.8, 4) is 61.9 Å². The summed E-state index contributed by atoms with van der Waals surface area (Å²) in [5, 5.41) is 14.7. The molecular weight excluding hydrogens is 1310 g/mol. The van der Waals surface area contributed by atoms with Crippen LogP contribution in [0, 0.1) is 0 Å². The lowest BCUT2D eigenvalue weighted by Crippen LogP contribution is -2.32. The van der Waals surface area contributed by atoms with Crippen molar-refractivity contribution in [3.05, 3.63) is 273 Å². The molecule has 0 atom stereocenters. The third-order valence-electron chi connectivity index (χ3n) is 20.4. The number of nitrogens with zero attached hydrogens (tertiary/aromatic N) is 23.